The topological polar surface area (TPSA) is 63.5 Å². The number of benzene rings is 1. The third-order valence-electron chi connectivity index (χ3n) is 4.56. The molecule has 2 heterocycles. The number of rotatable bonds is 6. The molecule has 1 aromatic heterocycles. The Morgan fingerprint density at radius 3 is 2.65 bits per heavy atom. The average molecular weight is 469 g/mol. The summed E-state index contributed by atoms with van der Waals surface area (Å²) in [5.41, 5.74) is 2.41. The summed E-state index contributed by atoms with van der Waals surface area (Å²) in [5.74, 6) is 0.805. The molecule has 1 unspecified atom stereocenters. The van der Waals surface area contributed by atoms with Crippen molar-refractivity contribution in [3.05, 3.63) is 54.1 Å². The second-order valence-electron chi connectivity index (χ2n) is 6.73. The first-order chi connectivity index (χ1) is 12.2. The maximum absolute atomic E-state index is 5.80. The second-order valence-corrected chi connectivity index (χ2v) is 6.73. The van der Waals surface area contributed by atoms with E-state index in [4.69, 9.17) is 4.74 Å². The van der Waals surface area contributed by atoms with E-state index in [2.05, 4.69) is 56.4 Å². The van der Waals surface area contributed by atoms with E-state index in [0.29, 0.717) is 0 Å². The molecule has 1 saturated heterocycles. The van der Waals surface area contributed by atoms with Crippen LogP contribution in [0.5, 0.6) is 0 Å². The number of nitrogens with zero attached hydrogens (tertiary/aromatic N) is 3. The molecule has 0 aliphatic carbocycles. The molecular formula is C19H28IN5O. The van der Waals surface area contributed by atoms with Gasteiger partial charge in [0, 0.05) is 45.7 Å². The van der Waals surface area contributed by atoms with Crippen molar-refractivity contribution in [3.63, 3.8) is 0 Å². The lowest BCUT2D eigenvalue weighted by atomic mass is 10.0. The number of halogens is 1. The fraction of sp³-hybridized carbons (Fsp3) is 0.474. The molecule has 142 valence electrons. The van der Waals surface area contributed by atoms with Gasteiger partial charge in [-0.1, -0.05) is 24.3 Å². The van der Waals surface area contributed by atoms with Crippen LogP contribution in [0.2, 0.25) is 0 Å². The molecule has 1 fully saturated rings. The number of aliphatic imine (C=N–C) groups is 1. The zero-order chi connectivity index (χ0) is 17.5. The summed E-state index contributed by atoms with van der Waals surface area (Å²) < 4.78 is 7.86. The molecule has 3 rings (SSSR count). The summed E-state index contributed by atoms with van der Waals surface area (Å²) in [6.45, 7) is 5.36. The number of aromatic nitrogens is 2. The molecule has 0 radical (unpaired) electrons. The number of guanidine groups is 1. The lowest BCUT2D eigenvalue weighted by Gasteiger charge is -2.24. The lowest BCUT2D eigenvalue weighted by Crippen LogP contribution is -2.45. The van der Waals surface area contributed by atoms with Gasteiger partial charge in [0.1, 0.15) is 0 Å². The third kappa shape index (κ3) is 5.98. The summed E-state index contributed by atoms with van der Waals surface area (Å²) in [4.78, 5) is 8.36. The van der Waals surface area contributed by atoms with Crippen molar-refractivity contribution in [1.29, 1.82) is 0 Å². The van der Waals surface area contributed by atoms with Crippen LogP contribution in [0.15, 0.2) is 48.0 Å². The summed E-state index contributed by atoms with van der Waals surface area (Å²) in [6, 6.07) is 8.60. The average Bonchev–Trinajstić information content (AvgIpc) is 3.29. The van der Waals surface area contributed by atoms with Gasteiger partial charge in [-0.25, -0.2) is 4.98 Å². The van der Waals surface area contributed by atoms with Gasteiger partial charge >= 0.3 is 0 Å². The zero-order valence-corrected chi connectivity index (χ0v) is 17.8. The molecule has 1 aliphatic rings. The Hall–Kier alpha value is -1.61. The van der Waals surface area contributed by atoms with Gasteiger partial charge in [-0.15, -0.1) is 24.0 Å². The first kappa shape index (κ1) is 20.7. The van der Waals surface area contributed by atoms with E-state index in [0.717, 1.165) is 45.0 Å². The van der Waals surface area contributed by atoms with Crippen LogP contribution in [0.1, 0.15) is 30.9 Å². The molecule has 7 heteroatoms. The van der Waals surface area contributed by atoms with Crippen molar-refractivity contribution in [2.45, 2.75) is 38.5 Å². The predicted molar refractivity (Wildman–Crippen MR) is 115 cm³/mol. The highest BCUT2D eigenvalue weighted by Gasteiger charge is 2.29. The van der Waals surface area contributed by atoms with Gasteiger partial charge < -0.3 is 19.9 Å². The highest BCUT2D eigenvalue weighted by molar-refractivity contribution is 14.0. The molecule has 26 heavy (non-hydrogen) atoms. The second kappa shape index (κ2) is 9.91. The Labute approximate surface area is 172 Å². The molecule has 6 nitrogen and oxygen atoms in total. The van der Waals surface area contributed by atoms with E-state index >= 15 is 0 Å². The maximum atomic E-state index is 5.80. The van der Waals surface area contributed by atoms with Crippen molar-refractivity contribution < 1.29 is 4.74 Å². The highest BCUT2D eigenvalue weighted by Crippen LogP contribution is 2.23. The molecule has 1 aromatic carbocycles. The molecule has 1 aliphatic heterocycles. The fourth-order valence-corrected chi connectivity index (χ4v) is 3.01. The van der Waals surface area contributed by atoms with Crippen molar-refractivity contribution in [3.8, 4) is 0 Å². The van der Waals surface area contributed by atoms with E-state index < -0.39 is 0 Å². The van der Waals surface area contributed by atoms with E-state index in [1.165, 1.54) is 11.1 Å². The van der Waals surface area contributed by atoms with Crippen LogP contribution in [0.3, 0.4) is 0 Å². The smallest absolute Gasteiger partial charge is 0.191 e. The molecule has 2 aromatic rings. The van der Waals surface area contributed by atoms with Crippen LogP contribution in [-0.2, 0) is 17.8 Å². The minimum absolute atomic E-state index is 0. The highest BCUT2D eigenvalue weighted by atomic mass is 127. The molecule has 0 amide bonds. The largest absolute Gasteiger partial charge is 0.373 e. The molecular weight excluding hydrogens is 441 g/mol. The third-order valence-corrected chi connectivity index (χ3v) is 4.56. The van der Waals surface area contributed by atoms with E-state index in [-0.39, 0.29) is 29.6 Å². The van der Waals surface area contributed by atoms with Crippen molar-refractivity contribution in [1.82, 2.24) is 20.2 Å². The summed E-state index contributed by atoms with van der Waals surface area (Å²) in [5, 5.41) is 6.73. The summed E-state index contributed by atoms with van der Waals surface area (Å²) in [6.07, 6.45) is 7.83. The van der Waals surface area contributed by atoms with Crippen molar-refractivity contribution >= 4 is 29.9 Å². The number of imidazole rings is 1. The van der Waals surface area contributed by atoms with Crippen LogP contribution < -0.4 is 10.6 Å². The first-order valence-corrected chi connectivity index (χ1v) is 8.79. The Bertz CT molecular complexity index is 678. The normalized spacial score (nSPS) is 19.8. The van der Waals surface area contributed by atoms with Gasteiger partial charge in [0.05, 0.1) is 11.9 Å². The van der Waals surface area contributed by atoms with Gasteiger partial charge in [0.2, 0.25) is 0 Å². The summed E-state index contributed by atoms with van der Waals surface area (Å²) in [7, 11) is 1.79. The van der Waals surface area contributed by atoms with Gasteiger partial charge in [-0.3, -0.25) is 4.99 Å². The first-order valence-electron chi connectivity index (χ1n) is 8.79. The number of ether oxygens (including phenoxy) is 1. The van der Waals surface area contributed by atoms with E-state index in [1.54, 1.807) is 13.2 Å². The van der Waals surface area contributed by atoms with E-state index in [1.807, 2.05) is 12.5 Å². The Balaban J connectivity index is 0.00000243. The molecule has 0 spiro atoms. The van der Waals surface area contributed by atoms with Crippen LogP contribution in [0.4, 0.5) is 0 Å². The SMILES string of the molecule is CN=C(NCc1ccc(Cn2ccnc2)cc1)NCC1(C)CCCO1.I. The quantitative estimate of drug-likeness (QED) is 0.388. The van der Waals surface area contributed by atoms with Crippen LogP contribution in [0.25, 0.3) is 0 Å². The maximum Gasteiger partial charge on any atom is 0.191 e. The van der Waals surface area contributed by atoms with Crippen LogP contribution >= 0.6 is 24.0 Å². The minimum atomic E-state index is -0.0768. The number of hydrogen-bond acceptors (Lipinski definition) is 3. The predicted octanol–water partition coefficient (Wildman–Crippen LogP) is 2.78. The van der Waals surface area contributed by atoms with Gasteiger partial charge in [-0.2, -0.15) is 0 Å². The van der Waals surface area contributed by atoms with Crippen LogP contribution in [-0.4, -0.2) is 41.3 Å². The number of hydrogen-bond donors (Lipinski definition) is 2. The molecule has 1 atom stereocenters. The molecule has 2 N–H and O–H groups in total. The fourth-order valence-electron chi connectivity index (χ4n) is 3.01. The van der Waals surface area contributed by atoms with E-state index in [9.17, 15) is 0 Å². The monoisotopic (exact) mass is 469 g/mol. The standard InChI is InChI=1S/C19H27N5O.HI/c1-19(8-3-11-25-19)14-23-18(20-2)22-12-16-4-6-17(7-5-16)13-24-10-9-21-15-24;/h4-7,9-10,15H,3,8,11-14H2,1-2H3,(H2,20,22,23);1H. The zero-order valence-electron chi connectivity index (χ0n) is 15.4. The molecule has 0 saturated carbocycles. The molecule has 0 bridgehead atoms. The van der Waals surface area contributed by atoms with Crippen molar-refractivity contribution in [2.75, 3.05) is 20.2 Å². The van der Waals surface area contributed by atoms with Crippen LogP contribution in [0, 0.1) is 0 Å². The Morgan fingerprint density at radius 2 is 2.04 bits per heavy atom. The summed E-state index contributed by atoms with van der Waals surface area (Å²) >= 11 is 0. The lowest BCUT2D eigenvalue weighted by molar-refractivity contribution is 0.0243. The minimum Gasteiger partial charge on any atom is -0.373 e. The Morgan fingerprint density at radius 1 is 1.27 bits per heavy atom. The van der Waals surface area contributed by atoms with Crippen molar-refractivity contribution in [2.24, 2.45) is 4.99 Å². The van der Waals surface area contributed by atoms with Gasteiger partial charge in [-0.05, 0) is 30.9 Å². The number of nitrogens with one attached hydrogen (secondary N) is 2. The Kier molecular flexibility index (Phi) is 7.89. The van der Waals surface area contributed by atoms with Gasteiger partial charge in [0.25, 0.3) is 0 Å². The van der Waals surface area contributed by atoms with Gasteiger partial charge in [0.15, 0.2) is 5.96 Å².